The van der Waals surface area contributed by atoms with Gasteiger partial charge >= 0.3 is 0 Å². The predicted molar refractivity (Wildman–Crippen MR) is 103 cm³/mol. The third-order valence-corrected chi connectivity index (χ3v) is 7.39. The molecule has 4 saturated carbocycles. The third kappa shape index (κ3) is 2.15. The Morgan fingerprint density at radius 2 is 1.69 bits per heavy atom. The van der Waals surface area contributed by atoms with Crippen LogP contribution in [-0.2, 0) is 4.79 Å². The zero-order valence-corrected chi connectivity index (χ0v) is 15.9. The molecule has 1 aromatic carbocycles. The SMILES string of the molecule is Bc1cccc(C(=O)N2N(C3C4CC5CC(C4)CC3C5)C(=O)C2(C)C)c1. The lowest BCUT2D eigenvalue weighted by atomic mass is 9.53. The maximum Gasteiger partial charge on any atom is 0.273 e. The number of hydrogen-bond acceptors (Lipinski definition) is 2. The molecule has 1 aromatic rings. The van der Waals surface area contributed by atoms with E-state index in [4.69, 9.17) is 0 Å². The van der Waals surface area contributed by atoms with Crippen LogP contribution in [0.25, 0.3) is 0 Å². The summed E-state index contributed by atoms with van der Waals surface area (Å²) in [6.07, 6.45) is 6.37. The van der Waals surface area contributed by atoms with E-state index in [1.807, 2.05) is 51.0 Å². The molecule has 0 N–H and O–H groups in total. The molecule has 4 nitrogen and oxygen atoms in total. The standard InChI is InChI=1S/C21H27BN2O2/c1-21(2)20(26)23(24(21)19(25)14-4-3-5-17(22)11-14)18-15-7-12-6-13(9-15)10-16(18)8-12/h3-5,11-13,15-16,18H,6-10,22H2,1-2H3. The van der Waals surface area contributed by atoms with Gasteiger partial charge in [-0.3, -0.25) is 9.59 Å². The first kappa shape index (κ1) is 16.4. The minimum absolute atomic E-state index is 0.0351. The highest BCUT2D eigenvalue weighted by Gasteiger charge is 2.62. The van der Waals surface area contributed by atoms with Crippen molar-refractivity contribution in [1.29, 1.82) is 0 Å². The van der Waals surface area contributed by atoms with Crippen LogP contribution in [0.15, 0.2) is 24.3 Å². The molecule has 0 atom stereocenters. The summed E-state index contributed by atoms with van der Waals surface area (Å²) in [5.41, 5.74) is 1.01. The van der Waals surface area contributed by atoms with E-state index in [0.717, 1.165) is 17.3 Å². The van der Waals surface area contributed by atoms with E-state index < -0.39 is 5.54 Å². The molecule has 1 aliphatic heterocycles. The van der Waals surface area contributed by atoms with Crippen LogP contribution in [0.4, 0.5) is 0 Å². The van der Waals surface area contributed by atoms with Gasteiger partial charge in [-0.1, -0.05) is 23.7 Å². The first-order valence-electron chi connectivity index (χ1n) is 10.1. The van der Waals surface area contributed by atoms with Gasteiger partial charge in [0.15, 0.2) is 0 Å². The number of hydrazine groups is 1. The average molecular weight is 350 g/mol. The van der Waals surface area contributed by atoms with Gasteiger partial charge < -0.3 is 0 Å². The van der Waals surface area contributed by atoms with Gasteiger partial charge in [-0.2, -0.15) is 0 Å². The zero-order chi connectivity index (χ0) is 18.2. The van der Waals surface area contributed by atoms with Crippen LogP contribution >= 0.6 is 0 Å². The Bertz CT molecular complexity index is 762. The fourth-order valence-corrected chi connectivity index (χ4v) is 6.50. The summed E-state index contributed by atoms with van der Waals surface area (Å²) in [5, 5.41) is 3.65. The molecule has 4 aliphatic carbocycles. The van der Waals surface area contributed by atoms with E-state index in [1.165, 1.54) is 32.1 Å². The van der Waals surface area contributed by atoms with Crippen LogP contribution < -0.4 is 5.46 Å². The van der Waals surface area contributed by atoms with E-state index in [-0.39, 0.29) is 17.9 Å². The van der Waals surface area contributed by atoms with Crippen LogP contribution in [0.3, 0.4) is 0 Å². The largest absolute Gasteiger partial charge is 0.273 e. The van der Waals surface area contributed by atoms with Gasteiger partial charge in [0, 0.05) is 5.56 Å². The summed E-state index contributed by atoms with van der Waals surface area (Å²) in [6.45, 7) is 3.77. The molecule has 0 aromatic heterocycles. The highest BCUT2D eigenvalue weighted by molar-refractivity contribution is 6.32. The van der Waals surface area contributed by atoms with E-state index >= 15 is 0 Å². The first-order chi connectivity index (χ1) is 12.4. The molecule has 5 aliphatic rings. The van der Waals surface area contributed by atoms with Gasteiger partial charge in [0.2, 0.25) is 0 Å². The van der Waals surface area contributed by atoms with Crippen molar-refractivity contribution in [2.75, 3.05) is 0 Å². The minimum atomic E-state index is -0.741. The van der Waals surface area contributed by atoms with Gasteiger partial charge in [0.25, 0.3) is 11.8 Å². The monoisotopic (exact) mass is 350 g/mol. The van der Waals surface area contributed by atoms with Crippen LogP contribution in [-0.4, -0.2) is 41.3 Å². The number of benzene rings is 1. The maximum absolute atomic E-state index is 13.3. The molecule has 2 amide bonds. The lowest BCUT2D eigenvalue weighted by Gasteiger charge is -2.65. The Hall–Kier alpha value is -1.78. The van der Waals surface area contributed by atoms with E-state index in [0.29, 0.717) is 17.4 Å². The second kappa shape index (κ2) is 5.37. The predicted octanol–water partition coefficient (Wildman–Crippen LogP) is 1.75. The Kier molecular flexibility index (Phi) is 3.39. The fourth-order valence-electron chi connectivity index (χ4n) is 6.50. The van der Waals surface area contributed by atoms with Crippen LogP contribution in [0.5, 0.6) is 0 Å². The summed E-state index contributed by atoms with van der Waals surface area (Å²) in [7, 11) is 2.00. The van der Waals surface area contributed by atoms with Gasteiger partial charge in [-0.05, 0) is 75.7 Å². The maximum atomic E-state index is 13.3. The molecular formula is C21H27BN2O2. The summed E-state index contributed by atoms with van der Waals surface area (Å²) in [6, 6.07) is 7.94. The zero-order valence-electron chi connectivity index (χ0n) is 15.9. The van der Waals surface area contributed by atoms with Crippen molar-refractivity contribution < 1.29 is 9.59 Å². The van der Waals surface area contributed by atoms with Gasteiger partial charge in [-0.25, -0.2) is 10.0 Å². The second-order valence-corrected chi connectivity index (χ2v) is 9.62. The Labute approximate surface area is 156 Å². The van der Waals surface area contributed by atoms with Crippen molar-refractivity contribution in [3.63, 3.8) is 0 Å². The summed E-state index contributed by atoms with van der Waals surface area (Å²) in [4.78, 5) is 26.4. The molecule has 6 rings (SSSR count). The van der Waals surface area contributed by atoms with E-state index in [9.17, 15) is 9.59 Å². The van der Waals surface area contributed by atoms with Crippen LogP contribution in [0, 0.1) is 23.7 Å². The van der Waals surface area contributed by atoms with E-state index in [1.54, 1.807) is 5.01 Å². The topological polar surface area (TPSA) is 40.6 Å². The quantitative estimate of drug-likeness (QED) is 0.763. The van der Waals surface area contributed by atoms with Crippen molar-refractivity contribution in [3.05, 3.63) is 29.8 Å². The average Bonchev–Trinajstić information content (AvgIpc) is 2.59. The summed E-state index contributed by atoms with van der Waals surface area (Å²) < 4.78 is 0. The molecule has 136 valence electrons. The number of rotatable bonds is 2. The number of carbonyl (C=O) groups is 2. The first-order valence-corrected chi connectivity index (χ1v) is 10.1. The molecule has 0 radical (unpaired) electrons. The van der Waals surface area contributed by atoms with Crippen LogP contribution in [0.2, 0.25) is 0 Å². The van der Waals surface area contributed by atoms with Crippen molar-refractivity contribution in [2.24, 2.45) is 23.7 Å². The molecule has 1 heterocycles. The Morgan fingerprint density at radius 3 is 2.27 bits per heavy atom. The van der Waals surface area contributed by atoms with Gasteiger partial charge in [0.1, 0.15) is 13.4 Å². The number of hydrogen-bond donors (Lipinski definition) is 0. The van der Waals surface area contributed by atoms with Crippen LogP contribution in [0.1, 0.15) is 56.3 Å². The fraction of sp³-hybridized carbons (Fsp3) is 0.619. The third-order valence-electron chi connectivity index (χ3n) is 7.39. The lowest BCUT2D eigenvalue weighted by molar-refractivity contribution is -0.230. The second-order valence-electron chi connectivity index (χ2n) is 9.62. The van der Waals surface area contributed by atoms with Crippen molar-refractivity contribution in [2.45, 2.75) is 57.5 Å². The van der Waals surface area contributed by atoms with E-state index in [2.05, 4.69) is 0 Å². The number of nitrogens with zero attached hydrogens (tertiary/aromatic N) is 2. The molecule has 0 spiro atoms. The van der Waals surface area contributed by atoms with Gasteiger partial charge in [0.05, 0.1) is 6.04 Å². The molecule has 5 fully saturated rings. The molecule has 1 saturated heterocycles. The van der Waals surface area contributed by atoms with Crippen molar-refractivity contribution in [1.82, 2.24) is 10.0 Å². The van der Waals surface area contributed by atoms with Crippen molar-refractivity contribution in [3.8, 4) is 0 Å². The smallest absolute Gasteiger partial charge is 0.270 e. The lowest BCUT2D eigenvalue weighted by Crippen LogP contribution is -2.80. The highest BCUT2D eigenvalue weighted by Crippen LogP contribution is 2.57. The number of amides is 2. The molecule has 0 unspecified atom stereocenters. The molecule has 4 bridgehead atoms. The Morgan fingerprint density at radius 1 is 1.08 bits per heavy atom. The molecule has 5 heteroatoms. The van der Waals surface area contributed by atoms with Crippen molar-refractivity contribution >= 4 is 25.1 Å². The minimum Gasteiger partial charge on any atom is -0.270 e. The Balaban J connectivity index is 1.48. The summed E-state index contributed by atoms with van der Waals surface area (Å²) in [5.74, 6) is 2.97. The highest BCUT2D eigenvalue weighted by atomic mass is 16.2. The molecular weight excluding hydrogens is 323 g/mol. The van der Waals surface area contributed by atoms with Gasteiger partial charge in [-0.15, -0.1) is 0 Å². The normalized spacial score (nSPS) is 37.0. The number of carbonyl (C=O) groups excluding carboxylic acids is 2. The molecule has 26 heavy (non-hydrogen) atoms. The summed E-state index contributed by atoms with van der Waals surface area (Å²) >= 11 is 0.